The number of hydrogen-bond donors (Lipinski definition) is 1. The quantitative estimate of drug-likeness (QED) is 0.908. The number of rotatable bonds is 4. The van der Waals surface area contributed by atoms with Crippen LogP contribution in [-0.2, 0) is 0 Å². The monoisotopic (exact) mass is 292 g/mol. The molecule has 0 heterocycles. The van der Waals surface area contributed by atoms with Crippen LogP contribution in [0.3, 0.4) is 0 Å². The molecule has 0 spiro atoms. The van der Waals surface area contributed by atoms with Crippen LogP contribution in [0.4, 0.5) is 8.78 Å². The first-order valence-corrected chi connectivity index (χ1v) is 6.66. The van der Waals surface area contributed by atoms with Crippen LogP contribution in [0.1, 0.15) is 40.3 Å². The zero-order chi connectivity index (χ0) is 15.6. The Labute approximate surface area is 123 Å². The number of hydrogen-bond acceptors (Lipinski definition) is 2. The molecule has 2 aromatic rings. The molecule has 1 unspecified atom stereocenters. The summed E-state index contributed by atoms with van der Waals surface area (Å²) in [7, 11) is 1.55. The molecule has 0 aromatic heterocycles. The van der Waals surface area contributed by atoms with Crippen LogP contribution in [0.2, 0.25) is 0 Å². The van der Waals surface area contributed by atoms with Crippen LogP contribution in [0.25, 0.3) is 0 Å². The minimum Gasteiger partial charge on any atom is -0.496 e. The Hall–Kier alpha value is -1.94. The Morgan fingerprint density at radius 2 is 1.52 bits per heavy atom. The third-order valence-corrected chi connectivity index (χ3v) is 3.71. The first-order chi connectivity index (χ1) is 9.95. The molecule has 0 aliphatic heterocycles. The topological polar surface area (TPSA) is 29.5 Å². The third kappa shape index (κ3) is 3.05. The highest BCUT2D eigenvalue weighted by Gasteiger charge is 2.18. The number of aliphatic hydroxyl groups excluding tert-OH is 1. The fourth-order valence-corrected chi connectivity index (χ4v) is 2.30. The van der Waals surface area contributed by atoms with Gasteiger partial charge in [-0.3, -0.25) is 0 Å². The van der Waals surface area contributed by atoms with Crippen LogP contribution >= 0.6 is 0 Å². The maximum absolute atomic E-state index is 12.6. The number of alkyl halides is 2. The van der Waals surface area contributed by atoms with Gasteiger partial charge < -0.3 is 9.84 Å². The van der Waals surface area contributed by atoms with E-state index in [2.05, 4.69) is 0 Å². The van der Waals surface area contributed by atoms with Crippen molar-refractivity contribution >= 4 is 0 Å². The van der Waals surface area contributed by atoms with Crippen molar-refractivity contribution in [1.29, 1.82) is 0 Å². The van der Waals surface area contributed by atoms with E-state index in [4.69, 9.17) is 4.74 Å². The van der Waals surface area contributed by atoms with Gasteiger partial charge in [0, 0.05) is 11.1 Å². The summed E-state index contributed by atoms with van der Waals surface area (Å²) in [6, 6.07) is 9.39. The number of benzene rings is 2. The predicted octanol–water partition coefficient (Wildman–Crippen LogP) is 4.33. The lowest BCUT2D eigenvalue weighted by molar-refractivity contribution is 0.151. The van der Waals surface area contributed by atoms with Crippen molar-refractivity contribution in [3.63, 3.8) is 0 Å². The van der Waals surface area contributed by atoms with E-state index in [9.17, 15) is 13.9 Å². The molecular formula is C17H18F2O2. The van der Waals surface area contributed by atoms with Crippen LogP contribution < -0.4 is 4.74 Å². The molecule has 0 aliphatic carbocycles. The van der Waals surface area contributed by atoms with E-state index in [0.717, 1.165) is 11.1 Å². The van der Waals surface area contributed by atoms with Crippen LogP contribution in [0.5, 0.6) is 5.75 Å². The number of ether oxygens (including phenoxy) is 1. The normalized spacial score (nSPS) is 12.5. The summed E-state index contributed by atoms with van der Waals surface area (Å²) in [6.45, 7) is 3.88. The number of methoxy groups -OCH3 is 1. The molecule has 112 valence electrons. The van der Waals surface area contributed by atoms with Gasteiger partial charge in [-0.25, -0.2) is 8.78 Å². The lowest BCUT2D eigenvalue weighted by Gasteiger charge is -2.18. The number of aryl methyl sites for hydroxylation is 1. The molecule has 0 aliphatic rings. The fourth-order valence-electron chi connectivity index (χ4n) is 2.30. The Kier molecular flexibility index (Phi) is 4.58. The van der Waals surface area contributed by atoms with E-state index in [0.29, 0.717) is 16.9 Å². The van der Waals surface area contributed by atoms with Gasteiger partial charge in [0.15, 0.2) is 0 Å². The largest absolute Gasteiger partial charge is 0.496 e. The Morgan fingerprint density at radius 1 is 0.952 bits per heavy atom. The minimum absolute atomic E-state index is 0.0574. The van der Waals surface area contributed by atoms with Crippen molar-refractivity contribution in [3.05, 3.63) is 64.2 Å². The maximum atomic E-state index is 12.6. The van der Waals surface area contributed by atoms with Crippen molar-refractivity contribution in [1.82, 2.24) is 0 Å². The second-order valence-corrected chi connectivity index (χ2v) is 5.00. The van der Waals surface area contributed by atoms with Gasteiger partial charge in [0.2, 0.25) is 0 Å². The summed E-state index contributed by atoms with van der Waals surface area (Å²) in [4.78, 5) is 0. The highest BCUT2D eigenvalue weighted by atomic mass is 19.3. The molecule has 0 bridgehead atoms. The van der Waals surface area contributed by atoms with E-state index in [1.54, 1.807) is 13.2 Å². The summed E-state index contributed by atoms with van der Waals surface area (Å²) >= 11 is 0. The van der Waals surface area contributed by atoms with E-state index < -0.39 is 12.5 Å². The van der Waals surface area contributed by atoms with Gasteiger partial charge >= 0.3 is 0 Å². The average molecular weight is 292 g/mol. The second-order valence-electron chi connectivity index (χ2n) is 5.00. The van der Waals surface area contributed by atoms with Crippen molar-refractivity contribution in [3.8, 4) is 5.75 Å². The lowest BCUT2D eigenvalue weighted by atomic mass is 9.96. The van der Waals surface area contributed by atoms with Gasteiger partial charge in [0.05, 0.1) is 7.11 Å². The van der Waals surface area contributed by atoms with Crippen LogP contribution in [0, 0.1) is 13.8 Å². The van der Waals surface area contributed by atoms with E-state index >= 15 is 0 Å². The zero-order valence-corrected chi connectivity index (χ0v) is 12.2. The summed E-state index contributed by atoms with van der Waals surface area (Å²) in [5.74, 6) is 0.625. The first kappa shape index (κ1) is 15.4. The SMILES string of the molecule is COc1c(C(O)c2ccc(C(F)F)cc2)ccc(C)c1C. The molecule has 4 heteroatoms. The van der Waals surface area contributed by atoms with Crippen molar-refractivity contribution in [2.75, 3.05) is 7.11 Å². The average Bonchev–Trinajstić information content (AvgIpc) is 2.49. The molecule has 2 aromatic carbocycles. The molecule has 2 rings (SSSR count). The summed E-state index contributed by atoms with van der Waals surface area (Å²) in [6.07, 6.45) is -3.42. The Balaban J connectivity index is 2.40. The highest BCUT2D eigenvalue weighted by Crippen LogP contribution is 2.34. The standard InChI is InChI=1S/C17H18F2O2/c1-10-4-9-14(16(21-3)11(10)2)15(20)12-5-7-13(8-6-12)17(18)19/h4-9,15,17,20H,1-3H3. The predicted molar refractivity (Wildman–Crippen MR) is 77.9 cm³/mol. The van der Waals surface area contributed by atoms with Gasteiger partial charge in [-0.05, 0) is 30.5 Å². The molecule has 21 heavy (non-hydrogen) atoms. The molecule has 0 amide bonds. The lowest BCUT2D eigenvalue weighted by Crippen LogP contribution is -2.04. The van der Waals surface area contributed by atoms with Crippen molar-refractivity contribution in [2.45, 2.75) is 26.4 Å². The molecule has 1 N–H and O–H groups in total. The minimum atomic E-state index is -2.51. The Morgan fingerprint density at radius 3 is 2.05 bits per heavy atom. The maximum Gasteiger partial charge on any atom is 0.263 e. The van der Waals surface area contributed by atoms with E-state index in [1.165, 1.54) is 24.3 Å². The number of aliphatic hydroxyl groups is 1. The summed E-state index contributed by atoms with van der Waals surface area (Å²) < 4.78 is 30.5. The third-order valence-electron chi connectivity index (χ3n) is 3.71. The molecule has 0 saturated carbocycles. The van der Waals surface area contributed by atoms with Gasteiger partial charge in [0.25, 0.3) is 6.43 Å². The zero-order valence-electron chi connectivity index (χ0n) is 12.2. The second kappa shape index (κ2) is 6.22. The highest BCUT2D eigenvalue weighted by molar-refractivity contribution is 5.48. The first-order valence-electron chi connectivity index (χ1n) is 6.66. The van der Waals surface area contributed by atoms with Crippen LogP contribution in [0.15, 0.2) is 36.4 Å². The van der Waals surface area contributed by atoms with Crippen molar-refractivity contribution < 1.29 is 18.6 Å². The molecule has 0 radical (unpaired) electrons. The van der Waals surface area contributed by atoms with Gasteiger partial charge in [-0.1, -0.05) is 36.4 Å². The smallest absolute Gasteiger partial charge is 0.263 e. The van der Waals surface area contributed by atoms with E-state index in [-0.39, 0.29) is 5.56 Å². The molecule has 0 saturated heterocycles. The fraction of sp³-hybridized carbons (Fsp3) is 0.294. The van der Waals surface area contributed by atoms with Gasteiger partial charge in [-0.15, -0.1) is 0 Å². The van der Waals surface area contributed by atoms with Gasteiger partial charge in [0.1, 0.15) is 11.9 Å². The molecule has 0 fully saturated rings. The summed E-state index contributed by atoms with van der Waals surface area (Å²) in [5, 5.41) is 10.5. The molecule has 1 atom stereocenters. The molecule has 2 nitrogen and oxygen atoms in total. The summed E-state index contributed by atoms with van der Waals surface area (Å²) in [5.41, 5.74) is 3.15. The Bertz CT molecular complexity index is 621. The van der Waals surface area contributed by atoms with Crippen molar-refractivity contribution in [2.24, 2.45) is 0 Å². The number of halogens is 2. The molecular weight excluding hydrogens is 274 g/mol. The van der Waals surface area contributed by atoms with Gasteiger partial charge in [-0.2, -0.15) is 0 Å². The van der Waals surface area contributed by atoms with E-state index in [1.807, 2.05) is 19.9 Å². The van der Waals surface area contributed by atoms with Crippen LogP contribution in [-0.4, -0.2) is 12.2 Å².